The maximum absolute atomic E-state index is 5.76. The van der Waals surface area contributed by atoms with Gasteiger partial charge in [0.15, 0.2) is 11.5 Å². The first-order valence-electron chi connectivity index (χ1n) is 6.53. The molecule has 1 aliphatic rings. The number of para-hydroxylation sites is 2. The molecule has 1 aromatic carbocycles. The van der Waals surface area contributed by atoms with E-state index >= 15 is 0 Å². The van der Waals surface area contributed by atoms with E-state index in [1.165, 1.54) is 18.8 Å². The predicted molar refractivity (Wildman–Crippen MR) is 76.8 cm³/mol. The first-order chi connectivity index (χ1) is 8.90. The van der Waals surface area contributed by atoms with Crippen LogP contribution in [0.5, 0.6) is 11.5 Å². The molecule has 0 atom stereocenters. The second-order valence-corrected chi connectivity index (χ2v) is 5.48. The molecule has 1 saturated heterocycles. The summed E-state index contributed by atoms with van der Waals surface area (Å²) in [5.74, 6) is 4.84. The van der Waals surface area contributed by atoms with Gasteiger partial charge in [0, 0.05) is 5.75 Å². The van der Waals surface area contributed by atoms with Crippen LogP contribution in [0.2, 0.25) is 0 Å². The fraction of sp³-hybridized carbons (Fsp3) is 0.571. The highest BCUT2D eigenvalue weighted by Crippen LogP contribution is 2.26. The van der Waals surface area contributed by atoms with Gasteiger partial charge in [-0.05, 0) is 43.8 Å². The van der Waals surface area contributed by atoms with Crippen molar-refractivity contribution in [1.82, 2.24) is 5.32 Å². The molecule has 0 spiro atoms. The monoisotopic (exact) mass is 267 g/mol. The van der Waals surface area contributed by atoms with Crippen molar-refractivity contribution in [3.05, 3.63) is 24.3 Å². The normalized spacial score (nSPS) is 15.2. The van der Waals surface area contributed by atoms with Crippen molar-refractivity contribution in [2.24, 2.45) is 5.92 Å². The van der Waals surface area contributed by atoms with Crippen molar-refractivity contribution in [3.63, 3.8) is 0 Å². The molecule has 2 rings (SSSR count). The topological polar surface area (TPSA) is 30.5 Å². The highest BCUT2D eigenvalue weighted by molar-refractivity contribution is 7.99. The van der Waals surface area contributed by atoms with Gasteiger partial charge in [-0.3, -0.25) is 0 Å². The van der Waals surface area contributed by atoms with Gasteiger partial charge in [0.1, 0.15) is 0 Å². The molecule has 4 heteroatoms. The molecule has 0 radical (unpaired) electrons. The van der Waals surface area contributed by atoms with Crippen LogP contribution < -0.4 is 14.8 Å². The highest BCUT2D eigenvalue weighted by atomic mass is 32.2. The molecule has 0 bridgehead atoms. The van der Waals surface area contributed by atoms with Gasteiger partial charge in [-0.25, -0.2) is 0 Å². The molecule has 1 aliphatic heterocycles. The molecule has 1 N–H and O–H groups in total. The van der Waals surface area contributed by atoms with Crippen LogP contribution in [-0.4, -0.2) is 37.8 Å². The fourth-order valence-electron chi connectivity index (χ4n) is 1.77. The van der Waals surface area contributed by atoms with Crippen LogP contribution in [0.4, 0.5) is 0 Å². The molecular weight excluding hydrogens is 246 g/mol. The minimum atomic E-state index is 0.670. The van der Waals surface area contributed by atoms with E-state index in [1.807, 2.05) is 43.0 Å². The quantitative estimate of drug-likeness (QED) is 0.733. The SMILES string of the molecule is CCOc1ccccc1OCCSCC1CNC1. The van der Waals surface area contributed by atoms with Gasteiger partial charge in [0.2, 0.25) is 0 Å². The van der Waals surface area contributed by atoms with Crippen molar-refractivity contribution in [1.29, 1.82) is 0 Å². The Bertz CT molecular complexity index is 355. The van der Waals surface area contributed by atoms with Gasteiger partial charge in [0.25, 0.3) is 0 Å². The Kier molecular flexibility index (Phi) is 5.68. The number of nitrogens with one attached hydrogen (secondary N) is 1. The Morgan fingerprint density at radius 1 is 1.22 bits per heavy atom. The molecule has 0 amide bonds. The van der Waals surface area contributed by atoms with Gasteiger partial charge in [0.05, 0.1) is 13.2 Å². The van der Waals surface area contributed by atoms with Gasteiger partial charge in [-0.15, -0.1) is 0 Å². The summed E-state index contributed by atoms with van der Waals surface area (Å²) < 4.78 is 11.3. The van der Waals surface area contributed by atoms with Crippen molar-refractivity contribution in [2.75, 3.05) is 37.8 Å². The lowest BCUT2D eigenvalue weighted by molar-refractivity contribution is 0.289. The summed E-state index contributed by atoms with van der Waals surface area (Å²) in [6.07, 6.45) is 0. The van der Waals surface area contributed by atoms with E-state index in [9.17, 15) is 0 Å². The molecule has 1 fully saturated rings. The molecule has 100 valence electrons. The summed E-state index contributed by atoms with van der Waals surface area (Å²) >= 11 is 1.97. The Morgan fingerprint density at radius 2 is 1.94 bits per heavy atom. The lowest BCUT2D eigenvalue weighted by atomic mass is 10.1. The van der Waals surface area contributed by atoms with E-state index in [0.29, 0.717) is 6.61 Å². The molecule has 0 unspecified atom stereocenters. The standard InChI is InChI=1S/C14H21NO2S/c1-2-16-13-5-3-4-6-14(13)17-7-8-18-11-12-9-15-10-12/h3-6,12,15H,2,7-11H2,1H3. The van der Waals surface area contributed by atoms with Crippen molar-refractivity contribution in [2.45, 2.75) is 6.92 Å². The molecule has 18 heavy (non-hydrogen) atoms. The molecular formula is C14H21NO2S. The van der Waals surface area contributed by atoms with Crippen LogP contribution in [0.3, 0.4) is 0 Å². The molecule has 1 aromatic rings. The number of ether oxygens (including phenoxy) is 2. The lowest BCUT2D eigenvalue weighted by Crippen LogP contribution is -2.43. The molecule has 1 heterocycles. The second-order valence-electron chi connectivity index (χ2n) is 4.33. The van der Waals surface area contributed by atoms with Gasteiger partial charge in [-0.2, -0.15) is 11.8 Å². The summed E-state index contributed by atoms with van der Waals surface area (Å²) in [6.45, 7) is 5.76. The van der Waals surface area contributed by atoms with Crippen LogP contribution >= 0.6 is 11.8 Å². The Labute approximate surface area is 113 Å². The number of hydrogen-bond acceptors (Lipinski definition) is 4. The number of benzene rings is 1. The van der Waals surface area contributed by atoms with Crippen LogP contribution in [0.25, 0.3) is 0 Å². The average Bonchev–Trinajstić information content (AvgIpc) is 2.33. The Hall–Kier alpha value is -0.870. The summed E-state index contributed by atoms with van der Waals surface area (Å²) in [6, 6.07) is 7.86. The largest absolute Gasteiger partial charge is 0.490 e. The third kappa shape index (κ3) is 4.10. The van der Waals surface area contributed by atoms with Crippen molar-refractivity contribution < 1.29 is 9.47 Å². The van der Waals surface area contributed by atoms with Crippen LogP contribution in [-0.2, 0) is 0 Å². The average molecular weight is 267 g/mol. The molecule has 0 aromatic heterocycles. The van der Waals surface area contributed by atoms with Crippen molar-refractivity contribution in [3.8, 4) is 11.5 Å². The zero-order valence-electron chi connectivity index (χ0n) is 10.9. The maximum atomic E-state index is 5.76. The smallest absolute Gasteiger partial charge is 0.161 e. The maximum Gasteiger partial charge on any atom is 0.161 e. The summed E-state index contributed by atoms with van der Waals surface area (Å²) in [5, 5.41) is 3.29. The van der Waals surface area contributed by atoms with E-state index in [-0.39, 0.29) is 0 Å². The van der Waals surface area contributed by atoms with E-state index < -0.39 is 0 Å². The van der Waals surface area contributed by atoms with Gasteiger partial charge >= 0.3 is 0 Å². The third-order valence-electron chi connectivity index (χ3n) is 2.85. The minimum Gasteiger partial charge on any atom is -0.490 e. The highest BCUT2D eigenvalue weighted by Gasteiger charge is 2.15. The Balaban J connectivity index is 1.65. The molecule has 0 aliphatic carbocycles. The van der Waals surface area contributed by atoms with Crippen LogP contribution in [0.15, 0.2) is 24.3 Å². The van der Waals surface area contributed by atoms with Crippen LogP contribution in [0, 0.1) is 5.92 Å². The number of hydrogen-bond donors (Lipinski definition) is 1. The second kappa shape index (κ2) is 7.54. The van der Waals surface area contributed by atoms with Gasteiger partial charge < -0.3 is 14.8 Å². The van der Waals surface area contributed by atoms with E-state index in [4.69, 9.17) is 9.47 Å². The number of thioether (sulfide) groups is 1. The lowest BCUT2D eigenvalue weighted by Gasteiger charge is -2.26. The summed E-state index contributed by atoms with van der Waals surface area (Å²) in [4.78, 5) is 0. The predicted octanol–water partition coefficient (Wildman–Crippen LogP) is 2.42. The third-order valence-corrected chi connectivity index (χ3v) is 4.02. The van der Waals surface area contributed by atoms with E-state index in [0.717, 1.165) is 29.8 Å². The van der Waals surface area contributed by atoms with E-state index in [2.05, 4.69) is 5.32 Å². The summed E-state index contributed by atoms with van der Waals surface area (Å²) in [5.41, 5.74) is 0. The first kappa shape index (κ1) is 13.6. The zero-order valence-corrected chi connectivity index (χ0v) is 11.7. The zero-order chi connectivity index (χ0) is 12.6. The fourth-order valence-corrected chi connectivity index (χ4v) is 2.71. The van der Waals surface area contributed by atoms with Crippen molar-refractivity contribution >= 4 is 11.8 Å². The van der Waals surface area contributed by atoms with E-state index in [1.54, 1.807) is 0 Å². The Morgan fingerprint density at radius 3 is 2.56 bits per heavy atom. The number of rotatable bonds is 8. The minimum absolute atomic E-state index is 0.670. The first-order valence-corrected chi connectivity index (χ1v) is 7.68. The van der Waals surface area contributed by atoms with Crippen LogP contribution in [0.1, 0.15) is 6.92 Å². The van der Waals surface area contributed by atoms with Gasteiger partial charge in [-0.1, -0.05) is 12.1 Å². The molecule has 3 nitrogen and oxygen atoms in total. The molecule has 0 saturated carbocycles. The summed E-state index contributed by atoms with van der Waals surface area (Å²) in [7, 11) is 0.